The molecule has 3 heterocycles. The van der Waals surface area contributed by atoms with Gasteiger partial charge >= 0.3 is 0 Å². The molecule has 0 unspecified atom stereocenters. The van der Waals surface area contributed by atoms with Gasteiger partial charge in [-0.2, -0.15) is 0 Å². The molecule has 142 valence electrons. The van der Waals surface area contributed by atoms with E-state index in [0.717, 1.165) is 44.0 Å². The quantitative estimate of drug-likeness (QED) is 0.658. The van der Waals surface area contributed by atoms with Crippen LogP contribution in [0.4, 0.5) is 5.69 Å². The molecule has 0 atom stereocenters. The molecule has 0 aliphatic carbocycles. The molecule has 0 spiro atoms. The Kier molecular flexibility index (Phi) is 5.27. The predicted molar refractivity (Wildman–Crippen MR) is 110 cm³/mol. The maximum atomic E-state index is 5.95. The summed E-state index contributed by atoms with van der Waals surface area (Å²) in [4.78, 5) is 7.30. The Morgan fingerprint density at radius 2 is 1.89 bits per heavy atom. The minimum atomic E-state index is 0.649. The van der Waals surface area contributed by atoms with Crippen LogP contribution >= 0.6 is 11.3 Å². The molecule has 1 saturated heterocycles. The SMILES string of the molecule is CCc1sc(-c2nnc(CN3CCN(c4cccc(C)c4)CC3)o2)cc1C. The van der Waals surface area contributed by atoms with E-state index in [-0.39, 0.29) is 0 Å². The van der Waals surface area contributed by atoms with E-state index >= 15 is 0 Å². The van der Waals surface area contributed by atoms with E-state index in [9.17, 15) is 0 Å². The van der Waals surface area contributed by atoms with Crippen LogP contribution in [0.2, 0.25) is 0 Å². The third-order valence-electron chi connectivity index (χ3n) is 5.12. The lowest BCUT2D eigenvalue weighted by Gasteiger charge is -2.35. The van der Waals surface area contributed by atoms with Crippen molar-refractivity contribution < 1.29 is 4.42 Å². The van der Waals surface area contributed by atoms with Gasteiger partial charge in [0.05, 0.1) is 11.4 Å². The fraction of sp³-hybridized carbons (Fsp3) is 0.429. The Morgan fingerprint density at radius 1 is 1.07 bits per heavy atom. The summed E-state index contributed by atoms with van der Waals surface area (Å²) in [5.74, 6) is 1.36. The first-order valence-corrected chi connectivity index (χ1v) is 10.4. The van der Waals surface area contributed by atoms with Crippen LogP contribution < -0.4 is 4.90 Å². The van der Waals surface area contributed by atoms with Crippen molar-refractivity contribution in [1.29, 1.82) is 0 Å². The average molecular weight is 383 g/mol. The highest BCUT2D eigenvalue weighted by atomic mass is 32.1. The van der Waals surface area contributed by atoms with E-state index in [1.54, 1.807) is 11.3 Å². The van der Waals surface area contributed by atoms with Gasteiger partial charge in [-0.3, -0.25) is 4.90 Å². The molecule has 1 aliphatic rings. The third kappa shape index (κ3) is 4.06. The minimum Gasteiger partial charge on any atom is -0.419 e. The van der Waals surface area contributed by atoms with Gasteiger partial charge < -0.3 is 9.32 Å². The smallest absolute Gasteiger partial charge is 0.257 e. The number of rotatable bonds is 5. The normalized spacial score (nSPS) is 15.4. The number of piperazine rings is 1. The molecule has 0 amide bonds. The van der Waals surface area contributed by atoms with Crippen LogP contribution in [-0.4, -0.2) is 41.3 Å². The summed E-state index contributed by atoms with van der Waals surface area (Å²) in [6.45, 7) is 11.2. The van der Waals surface area contributed by atoms with Gasteiger partial charge in [-0.25, -0.2) is 0 Å². The summed E-state index contributed by atoms with van der Waals surface area (Å²) in [6.07, 6.45) is 1.04. The molecule has 1 aliphatic heterocycles. The number of aromatic nitrogens is 2. The number of thiophene rings is 1. The highest BCUT2D eigenvalue weighted by Gasteiger charge is 2.20. The second-order valence-electron chi connectivity index (χ2n) is 7.17. The molecule has 4 rings (SSSR count). The van der Waals surface area contributed by atoms with Gasteiger partial charge in [-0.15, -0.1) is 21.5 Å². The van der Waals surface area contributed by atoms with Crippen LogP contribution in [0.25, 0.3) is 10.8 Å². The summed E-state index contributed by atoms with van der Waals surface area (Å²) >= 11 is 1.75. The number of hydrogen-bond acceptors (Lipinski definition) is 6. The lowest BCUT2D eigenvalue weighted by molar-refractivity contribution is 0.227. The van der Waals surface area contributed by atoms with Crippen LogP contribution in [0.3, 0.4) is 0 Å². The highest BCUT2D eigenvalue weighted by molar-refractivity contribution is 7.15. The van der Waals surface area contributed by atoms with E-state index in [1.165, 1.54) is 21.7 Å². The van der Waals surface area contributed by atoms with Crippen LogP contribution in [0.1, 0.15) is 28.8 Å². The average Bonchev–Trinajstić information content (AvgIpc) is 3.28. The number of benzene rings is 1. The topological polar surface area (TPSA) is 45.4 Å². The molecule has 3 aromatic rings. The zero-order chi connectivity index (χ0) is 18.8. The van der Waals surface area contributed by atoms with E-state index in [1.807, 2.05) is 0 Å². The summed E-state index contributed by atoms with van der Waals surface area (Å²) < 4.78 is 5.95. The zero-order valence-corrected chi connectivity index (χ0v) is 17.1. The van der Waals surface area contributed by atoms with Gasteiger partial charge in [-0.05, 0) is 49.6 Å². The minimum absolute atomic E-state index is 0.649. The zero-order valence-electron chi connectivity index (χ0n) is 16.2. The molecular weight excluding hydrogens is 356 g/mol. The summed E-state index contributed by atoms with van der Waals surface area (Å²) in [6, 6.07) is 10.9. The largest absolute Gasteiger partial charge is 0.419 e. The first kappa shape index (κ1) is 18.2. The first-order chi connectivity index (χ1) is 13.1. The number of aryl methyl sites for hydroxylation is 3. The molecule has 6 heteroatoms. The van der Waals surface area contributed by atoms with Gasteiger partial charge in [0.1, 0.15) is 0 Å². The molecule has 27 heavy (non-hydrogen) atoms. The van der Waals surface area contributed by atoms with Crippen molar-refractivity contribution >= 4 is 17.0 Å². The Morgan fingerprint density at radius 3 is 2.59 bits per heavy atom. The van der Waals surface area contributed by atoms with Crippen molar-refractivity contribution in [3.63, 3.8) is 0 Å². The molecule has 2 aromatic heterocycles. The second-order valence-corrected chi connectivity index (χ2v) is 8.31. The van der Waals surface area contributed by atoms with Crippen molar-refractivity contribution in [2.45, 2.75) is 33.7 Å². The van der Waals surface area contributed by atoms with Gasteiger partial charge in [0, 0.05) is 36.7 Å². The Labute approximate surface area is 164 Å². The van der Waals surface area contributed by atoms with Crippen molar-refractivity contribution in [2.24, 2.45) is 0 Å². The molecular formula is C21H26N4OS. The Bertz CT molecular complexity index is 909. The fourth-order valence-electron chi connectivity index (χ4n) is 3.57. The number of hydrogen-bond donors (Lipinski definition) is 0. The lowest BCUT2D eigenvalue weighted by Crippen LogP contribution is -2.46. The monoisotopic (exact) mass is 382 g/mol. The molecule has 5 nitrogen and oxygen atoms in total. The highest BCUT2D eigenvalue weighted by Crippen LogP contribution is 2.31. The van der Waals surface area contributed by atoms with Crippen LogP contribution in [0.15, 0.2) is 34.7 Å². The van der Waals surface area contributed by atoms with Crippen LogP contribution in [-0.2, 0) is 13.0 Å². The molecule has 0 saturated carbocycles. The molecule has 1 aromatic carbocycles. The lowest BCUT2D eigenvalue weighted by atomic mass is 10.2. The van der Waals surface area contributed by atoms with E-state index < -0.39 is 0 Å². The van der Waals surface area contributed by atoms with Crippen molar-refractivity contribution in [2.75, 3.05) is 31.1 Å². The maximum absolute atomic E-state index is 5.95. The van der Waals surface area contributed by atoms with Gasteiger partial charge in [0.15, 0.2) is 0 Å². The van der Waals surface area contributed by atoms with E-state index in [0.29, 0.717) is 11.8 Å². The van der Waals surface area contributed by atoms with Gasteiger partial charge in [-0.1, -0.05) is 19.1 Å². The predicted octanol–water partition coefficient (Wildman–Crippen LogP) is 4.30. The standard InChI is InChI=1S/C21H26N4OS/c1-4-18-16(3)13-19(27-18)21-23-22-20(26-21)14-24-8-10-25(11-9-24)17-7-5-6-15(2)12-17/h5-7,12-13H,4,8-11,14H2,1-3H3. The van der Waals surface area contributed by atoms with Crippen molar-refractivity contribution in [1.82, 2.24) is 15.1 Å². The summed E-state index contributed by atoms with van der Waals surface area (Å²) in [5.41, 5.74) is 3.93. The molecule has 0 N–H and O–H groups in total. The maximum Gasteiger partial charge on any atom is 0.257 e. The number of nitrogens with zero attached hydrogens (tertiary/aromatic N) is 4. The van der Waals surface area contributed by atoms with Gasteiger partial charge in [0.2, 0.25) is 5.89 Å². The Hall–Kier alpha value is -2.18. The fourth-order valence-corrected chi connectivity index (χ4v) is 4.61. The summed E-state index contributed by atoms with van der Waals surface area (Å²) in [7, 11) is 0. The summed E-state index contributed by atoms with van der Waals surface area (Å²) in [5, 5.41) is 8.54. The van der Waals surface area contributed by atoms with Crippen LogP contribution in [0, 0.1) is 13.8 Å². The first-order valence-electron chi connectivity index (χ1n) is 9.58. The second kappa shape index (κ2) is 7.82. The Balaban J connectivity index is 1.36. The van der Waals surface area contributed by atoms with E-state index in [2.05, 4.69) is 71.1 Å². The van der Waals surface area contributed by atoms with Crippen molar-refractivity contribution in [3.8, 4) is 10.8 Å². The van der Waals surface area contributed by atoms with Crippen molar-refractivity contribution in [3.05, 3.63) is 52.2 Å². The van der Waals surface area contributed by atoms with Gasteiger partial charge in [0.25, 0.3) is 5.89 Å². The third-order valence-corrected chi connectivity index (χ3v) is 6.49. The van der Waals surface area contributed by atoms with Crippen LogP contribution in [0.5, 0.6) is 0 Å². The van der Waals surface area contributed by atoms with E-state index in [4.69, 9.17) is 4.42 Å². The molecule has 0 radical (unpaired) electrons. The molecule has 0 bridgehead atoms. The molecule has 1 fully saturated rings. The number of anilines is 1.